The normalized spacial score (nSPS) is 15.8. The number of carbonyl (C=O) groups excluding carboxylic acids is 1. The molecule has 0 fully saturated rings. The number of aliphatic imine (C=N–C) groups is 1. The van der Waals surface area contributed by atoms with Crippen LogP contribution in [-0.4, -0.2) is 12.2 Å². The molecule has 0 bridgehead atoms. The van der Waals surface area contributed by atoms with Gasteiger partial charge in [-0.05, 0) is 12.2 Å². The predicted octanol–water partition coefficient (Wildman–Crippen LogP) is 0.641. The van der Waals surface area contributed by atoms with Crippen LogP contribution in [0.4, 0.5) is 0 Å². The third-order valence-electron chi connectivity index (χ3n) is 0.767. The van der Waals surface area contributed by atoms with E-state index < -0.39 is 0 Å². The molecule has 9 heavy (non-hydrogen) atoms. The lowest BCUT2D eigenvalue weighted by Gasteiger charge is -1.89. The van der Waals surface area contributed by atoms with E-state index in [1.165, 1.54) is 12.5 Å². The van der Waals surface area contributed by atoms with Crippen molar-refractivity contribution in [2.75, 3.05) is 0 Å². The first-order valence-corrected chi connectivity index (χ1v) is 2.45. The van der Waals surface area contributed by atoms with Crippen LogP contribution in [-0.2, 0) is 9.53 Å². The summed E-state index contributed by atoms with van der Waals surface area (Å²) in [5.74, 6) is 0.0833. The van der Waals surface area contributed by atoms with Crippen LogP contribution >= 0.6 is 0 Å². The van der Waals surface area contributed by atoms with Gasteiger partial charge in [0.2, 0.25) is 6.29 Å². The summed E-state index contributed by atoms with van der Waals surface area (Å²) in [6.07, 6.45) is 6.78. The average Bonchev–Trinajstić information content (AvgIpc) is 2.13. The van der Waals surface area contributed by atoms with Crippen LogP contribution in [0.1, 0.15) is 0 Å². The van der Waals surface area contributed by atoms with Crippen molar-refractivity contribution in [3.63, 3.8) is 0 Å². The number of nitrogens with zero attached hydrogens (tertiary/aromatic N) is 1. The Bertz CT molecular complexity index is 191. The van der Waals surface area contributed by atoms with E-state index in [1.54, 1.807) is 12.2 Å². The summed E-state index contributed by atoms with van der Waals surface area (Å²) >= 11 is 0. The molecule has 3 nitrogen and oxygen atoms in total. The molecule has 0 aromatic heterocycles. The summed E-state index contributed by atoms with van der Waals surface area (Å²) in [7, 11) is 0. The lowest BCUT2D eigenvalue weighted by molar-refractivity contribution is -0.103. The van der Waals surface area contributed by atoms with Crippen molar-refractivity contribution >= 4 is 12.2 Å². The Morgan fingerprint density at radius 1 is 1.56 bits per heavy atom. The summed E-state index contributed by atoms with van der Waals surface area (Å²) < 4.78 is 4.69. The molecule has 1 rings (SSSR count). The highest BCUT2D eigenvalue weighted by molar-refractivity contribution is 6.24. The van der Waals surface area contributed by atoms with E-state index in [2.05, 4.69) is 4.99 Å². The highest BCUT2D eigenvalue weighted by atomic mass is 16.5. The number of allylic oxidation sites excluding steroid dienone is 2. The first-order valence-electron chi connectivity index (χ1n) is 2.45. The molecule has 0 saturated heterocycles. The van der Waals surface area contributed by atoms with Crippen molar-refractivity contribution in [2.45, 2.75) is 0 Å². The molecule has 0 aromatic rings. The van der Waals surface area contributed by atoms with Crippen LogP contribution in [0, 0.1) is 0 Å². The number of ether oxygens (including phenoxy) is 1. The number of carbonyl (C=O) groups is 1. The Kier molecular flexibility index (Phi) is 1.80. The molecule has 0 atom stereocenters. The monoisotopic (exact) mass is 123 g/mol. The fourth-order valence-corrected chi connectivity index (χ4v) is 0.409. The van der Waals surface area contributed by atoms with Crippen LogP contribution in [0.3, 0.4) is 0 Å². The fraction of sp³-hybridized carbons (Fsp3) is 0. The minimum absolute atomic E-state index is 0.0833. The number of aldehydes is 1. The minimum Gasteiger partial charge on any atom is -0.444 e. The van der Waals surface area contributed by atoms with Gasteiger partial charge in [0.15, 0.2) is 0 Å². The van der Waals surface area contributed by atoms with Crippen LogP contribution < -0.4 is 0 Å². The molecular weight excluding hydrogens is 118 g/mol. The van der Waals surface area contributed by atoms with Crippen LogP contribution in [0.15, 0.2) is 29.6 Å². The number of hydrogen-bond acceptors (Lipinski definition) is 3. The largest absolute Gasteiger partial charge is 0.444 e. The lowest BCUT2D eigenvalue weighted by Crippen LogP contribution is -1.99. The van der Waals surface area contributed by atoms with Gasteiger partial charge in [0.05, 0.1) is 6.26 Å². The predicted molar refractivity (Wildman–Crippen MR) is 32.9 cm³/mol. The van der Waals surface area contributed by atoms with Crippen LogP contribution in [0.5, 0.6) is 0 Å². The van der Waals surface area contributed by atoms with Gasteiger partial charge in [-0.3, -0.25) is 4.79 Å². The third kappa shape index (κ3) is 1.53. The van der Waals surface area contributed by atoms with E-state index in [0.29, 0.717) is 6.29 Å². The Morgan fingerprint density at radius 2 is 2.44 bits per heavy atom. The number of rotatable bonds is 1. The molecule has 46 valence electrons. The van der Waals surface area contributed by atoms with Gasteiger partial charge in [-0.15, -0.1) is 0 Å². The number of hydrogen-bond donors (Lipinski definition) is 0. The van der Waals surface area contributed by atoms with Gasteiger partial charge in [-0.1, -0.05) is 0 Å². The minimum atomic E-state index is 0.0833. The van der Waals surface area contributed by atoms with E-state index in [0.717, 1.165) is 0 Å². The molecule has 0 saturated carbocycles. The van der Waals surface area contributed by atoms with Gasteiger partial charge in [-0.2, -0.15) is 0 Å². The lowest BCUT2D eigenvalue weighted by atomic mass is 10.6. The molecule has 3 heteroatoms. The summed E-state index contributed by atoms with van der Waals surface area (Å²) in [6, 6.07) is 0. The van der Waals surface area contributed by atoms with E-state index in [-0.39, 0.29) is 5.90 Å². The van der Waals surface area contributed by atoms with Crippen molar-refractivity contribution in [1.82, 2.24) is 0 Å². The molecule has 0 N–H and O–H groups in total. The first-order chi connectivity index (χ1) is 4.43. The Labute approximate surface area is 52.3 Å². The van der Waals surface area contributed by atoms with E-state index in [1.807, 2.05) is 0 Å². The van der Waals surface area contributed by atoms with Gasteiger partial charge in [-0.25, -0.2) is 4.99 Å². The molecule has 0 unspecified atom stereocenters. The molecule has 0 spiro atoms. The molecular formula is C6H5NO2. The zero-order valence-electron chi connectivity index (χ0n) is 4.65. The SMILES string of the molecule is O=CC1=NC=CC=CO1. The second-order valence-electron chi connectivity index (χ2n) is 1.37. The van der Waals surface area contributed by atoms with E-state index >= 15 is 0 Å². The van der Waals surface area contributed by atoms with Crippen molar-refractivity contribution in [3.05, 3.63) is 24.6 Å². The van der Waals surface area contributed by atoms with Gasteiger partial charge in [0.1, 0.15) is 0 Å². The van der Waals surface area contributed by atoms with E-state index in [9.17, 15) is 4.79 Å². The van der Waals surface area contributed by atoms with Crippen molar-refractivity contribution in [3.8, 4) is 0 Å². The molecule has 0 radical (unpaired) electrons. The maximum absolute atomic E-state index is 9.99. The van der Waals surface area contributed by atoms with Gasteiger partial charge in [0, 0.05) is 6.20 Å². The molecule has 1 aliphatic rings. The van der Waals surface area contributed by atoms with Crippen LogP contribution in [0.25, 0.3) is 0 Å². The molecule has 0 amide bonds. The van der Waals surface area contributed by atoms with Gasteiger partial charge in [0.25, 0.3) is 5.90 Å². The van der Waals surface area contributed by atoms with E-state index in [4.69, 9.17) is 4.74 Å². The van der Waals surface area contributed by atoms with Gasteiger partial charge < -0.3 is 4.74 Å². The Balaban J connectivity index is 2.73. The Morgan fingerprint density at radius 3 is 3.22 bits per heavy atom. The zero-order chi connectivity index (χ0) is 6.53. The second kappa shape index (κ2) is 2.81. The topological polar surface area (TPSA) is 38.7 Å². The highest BCUT2D eigenvalue weighted by Gasteiger charge is 1.92. The summed E-state index contributed by atoms with van der Waals surface area (Å²) in [6.45, 7) is 0. The zero-order valence-corrected chi connectivity index (χ0v) is 4.65. The highest BCUT2D eigenvalue weighted by Crippen LogP contribution is 1.90. The van der Waals surface area contributed by atoms with Crippen molar-refractivity contribution in [1.29, 1.82) is 0 Å². The van der Waals surface area contributed by atoms with Crippen molar-refractivity contribution in [2.24, 2.45) is 4.99 Å². The van der Waals surface area contributed by atoms with Crippen LogP contribution in [0.2, 0.25) is 0 Å². The average molecular weight is 123 g/mol. The molecule has 0 aromatic carbocycles. The smallest absolute Gasteiger partial charge is 0.259 e. The van der Waals surface area contributed by atoms with Crippen molar-refractivity contribution < 1.29 is 9.53 Å². The molecule has 0 aliphatic carbocycles. The maximum Gasteiger partial charge on any atom is 0.259 e. The first kappa shape index (κ1) is 5.75. The van der Waals surface area contributed by atoms with Gasteiger partial charge >= 0.3 is 0 Å². The standard InChI is InChI=1S/C6H5NO2/c8-5-6-7-3-1-2-4-9-6/h1-5H. The summed E-state index contributed by atoms with van der Waals surface area (Å²) in [5, 5.41) is 0. The third-order valence-corrected chi connectivity index (χ3v) is 0.767. The second-order valence-corrected chi connectivity index (χ2v) is 1.37. The summed E-state index contributed by atoms with van der Waals surface area (Å²) in [4.78, 5) is 13.6. The Hall–Kier alpha value is -1.38. The quantitative estimate of drug-likeness (QED) is 0.480. The maximum atomic E-state index is 9.99. The molecule has 1 aliphatic heterocycles. The molecule has 1 heterocycles. The summed E-state index contributed by atoms with van der Waals surface area (Å²) in [5.41, 5.74) is 0. The fourth-order valence-electron chi connectivity index (χ4n) is 0.409.